The van der Waals surface area contributed by atoms with Crippen molar-refractivity contribution in [3.63, 3.8) is 0 Å². The Hall–Kier alpha value is -3.80. The van der Waals surface area contributed by atoms with Crippen LogP contribution in [0.2, 0.25) is 0 Å². The summed E-state index contributed by atoms with van der Waals surface area (Å²) in [4.78, 5) is 13.5. The van der Waals surface area contributed by atoms with E-state index in [0.29, 0.717) is 24.2 Å². The predicted molar refractivity (Wildman–Crippen MR) is 140 cm³/mol. The molecule has 1 N–H and O–H groups in total. The van der Waals surface area contributed by atoms with E-state index in [1.807, 2.05) is 56.0 Å². The van der Waals surface area contributed by atoms with E-state index >= 15 is 0 Å². The van der Waals surface area contributed by atoms with Gasteiger partial charge in [-0.3, -0.25) is 9.48 Å². The van der Waals surface area contributed by atoms with Crippen LogP contribution < -0.4 is 15.6 Å². The third kappa shape index (κ3) is 5.32. The number of hydrogen-bond acceptors (Lipinski definition) is 4. The van der Waals surface area contributed by atoms with E-state index in [-0.39, 0.29) is 5.56 Å². The molecule has 1 aliphatic rings. The fourth-order valence-electron chi connectivity index (χ4n) is 5.03. The predicted octanol–water partition coefficient (Wildman–Crippen LogP) is 5.44. The van der Waals surface area contributed by atoms with Gasteiger partial charge in [0.15, 0.2) is 0 Å². The lowest BCUT2D eigenvalue weighted by Gasteiger charge is -2.30. The van der Waals surface area contributed by atoms with E-state index in [0.717, 1.165) is 48.1 Å². The van der Waals surface area contributed by atoms with Crippen LogP contribution in [0, 0.1) is 0 Å². The van der Waals surface area contributed by atoms with E-state index in [2.05, 4.69) is 40.7 Å². The number of benzene rings is 2. The Balaban J connectivity index is 1.39. The summed E-state index contributed by atoms with van der Waals surface area (Å²) in [7, 11) is 3.56. The van der Waals surface area contributed by atoms with Crippen LogP contribution in [0.4, 0.5) is 5.69 Å². The zero-order valence-electron chi connectivity index (χ0n) is 20.4. The lowest BCUT2D eigenvalue weighted by molar-refractivity contribution is 0.412. The van der Waals surface area contributed by atoms with E-state index in [9.17, 15) is 4.79 Å². The van der Waals surface area contributed by atoms with Gasteiger partial charge in [0.05, 0.1) is 19.9 Å². The lowest BCUT2D eigenvalue weighted by Crippen LogP contribution is -2.31. The highest BCUT2D eigenvalue weighted by atomic mass is 16.5. The van der Waals surface area contributed by atoms with Crippen molar-refractivity contribution in [1.29, 1.82) is 0 Å². The van der Waals surface area contributed by atoms with Crippen LogP contribution in [0.1, 0.15) is 42.7 Å². The number of rotatable bonds is 7. The van der Waals surface area contributed by atoms with Crippen molar-refractivity contribution in [2.75, 3.05) is 12.4 Å². The number of aromatic nitrogens is 3. The largest absolute Gasteiger partial charge is 0.497 e. The molecule has 0 saturated heterocycles. The second-order valence-electron chi connectivity index (χ2n) is 9.43. The zero-order valence-corrected chi connectivity index (χ0v) is 20.4. The van der Waals surface area contributed by atoms with E-state index in [1.54, 1.807) is 16.4 Å². The van der Waals surface area contributed by atoms with Crippen LogP contribution in [-0.2, 0) is 13.6 Å². The van der Waals surface area contributed by atoms with Crippen LogP contribution in [0.15, 0.2) is 84.0 Å². The molecule has 180 valence electrons. The van der Waals surface area contributed by atoms with Crippen molar-refractivity contribution in [2.45, 2.75) is 44.2 Å². The van der Waals surface area contributed by atoms with Gasteiger partial charge in [-0.05, 0) is 60.9 Å². The average molecular weight is 469 g/mol. The van der Waals surface area contributed by atoms with E-state index in [1.165, 1.54) is 5.56 Å². The Morgan fingerprint density at radius 1 is 0.971 bits per heavy atom. The molecule has 0 aliphatic heterocycles. The lowest BCUT2D eigenvalue weighted by atomic mass is 9.82. The molecule has 1 aliphatic carbocycles. The number of aryl methyl sites for hydroxylation is 1. The number of pyridine rings is 1. The molecule has 0 bridgehead atoms. The summed E-state index contributed by atoms with van der Waals surface area (Å²) in [5.41, 5.74) is 5.09. The zero-order chi connectivity index (χ0) is 24.2. The maximum absolute atomic E-state index is 13.5. The first-order chi connectivity index (χ1) is 17.1. The van der Waals surface area contributed by atoms with Gasteiger partial charge in [0.25, 0.3) is 5.56 Å². The molecule has 35 heavy (non-hydrogen) atoms. The second kappa shape index (κ2) is 10.2. The second-order valence-corrected chi connectivity index (χ2v) is 9.43. The molecule has 1 fully saturated rings. The Labute approximate surface area is 206 Å². The van der Waals surface area contributed by atoms with Gasteiger partial charge in [0, 0.05) is 36.6 Å². The SMILES string of the molecule is COc1ccc(Cn2cc(-c3cnn(C)c3)cc(NC3CCC(c4ccccc4)CC3)c2=O)cc1. The van der Waals surface area contributed by atoms with E-state index < -0.39 is 0 Å². The third-order valence-electron chi connectivity index (χ3n) is 6.99. The molecule has 1 saturated carbocycles. The standard InChI is InChI=1S/C29H32N4O2/c1-32-19-25(17-30-32)24-16-28(29(34)33(20-24)18-21-8-14-27(35-2)15-9-21)31-26-12-10-23(11-13-26)22-6-4-3-5-7-22/h3-9,14-17,19-20,23,26,31H,10-13,18H2,1-2H3. The molecule has 4 aromatic rings. The van der Waals surface area contributed by atoms with Crippen molar-refractivity contribution in [2.24, 2.45) is 7.05 Å². The topological polar surface area (TPSA) is 61.1 Å². The molecule has 0 amide bonds. The van der Waals surface area contributed by atoms with Crippen molar-refractivity contribution >= 4 is 5.69 Å². The number of anilines is 1. The van der Waals surface area contributed by atoms with Gasteiger partial charge in [-0.2, -0.15) is 5.10 Å². The monoisotopic (exact) mass is 468 g/mol. The summed E-state index contributed by atoms with van der Waals surface area (Å²) >= 11 is 0. The summed E-state index contributed by atoms with van der Waals surface area (Å²) in [5, 5.41) is 7.93. The number of hydrogen-bond donors (Lipinski definition) is 1. The summed E-state index contributed by atoms with van der Waals surface area (Å²) in [6, 6.07) is 20.9. The summed E-state index contributed by atoms with van der Waals surface area (Å²) < 4.78 is 8.85. The van der Waals surface area contributed by atoms with Gasteiger partial charge in [-0.15, -0.1) is 0 Å². The maximum Gasteiger partial charge on any atom is 0.274 e. The normalized spacial score (nSPS) is 17.8. The van der Waals surface area contributed by atoms with Crippen molar-refractivity contribution in [3.8, 4) is 16.9 Å². The summed E-state index contributed by atoms with van der Waals surface area (Å²) in [6.07, 6.45) is 10.1. The van der Waals surface area contributed by atoms with Crippen LogP contribution in [0.25, 0.3) is 11.1 Å². The van der Waals surface area contributed by atoms with Crippen LogP contribution in [0.5, 0.6) is 5.75 Å². The highest BCUT2D eigenvalue weighted by molar-refractivity contribution is 5.65. The van der Waals surface area contributed by atoms with Gasteiger partial charge >= 0.3 is 0 Å². The summed E-state index contributed by atoms with van der Waals surface area (Å²) in [6.45, 7) is 0.492. The molecule has 2 heterocycles. The fourth-order valence-corrected chi connectivity index (χ4v) is 5.03. The molecule has 0 spiro atoms. The van der Waals surface area contributed by atoms with Gasteiger partial charge in [0.1, 0.15) is 11.4 Å². The van der Waals surface area contributed by atoms with Crippen molar-refractivity contribution in [1.82, 2.24) is 14.3 Å². The molecule has 0 radical (unpaired) electrons. The van der Waals surface area contributed by atoms with Gasteiger partial charge in [-0.25, -0.2) is 0 Å². The van der Waals surface area contributed by atoms with Gasteiger partial charge in [-0.1, -0.05) is 42.5 Å². The number of ether oxygens (including phenoxy) is 1. The minimum atomic E-state index is -0.00126. The smallest absolute Gasteiger partial charge is 0.274 e. The van der Waals surface area contributed by atoms with Crippen molar-refractivity contribution in [3.05, 3.63) is 101 Å². The Morgan fingerprint density at radius 2 is 1.71 bits per heavy atom. The summed E-state index contributed by atoms with van der Waals surface area (Å²) in [5.74, 6) is 1.40. The minimum absolute atomic E-state index is 0.00126. The molecule has 2 aromatic carbocycles. The van der Waals surface area contributed by atoms with Gasteiger partial charge in [0.2, 0.25) is 0 Å². The third-order valence-corrected chi connectivity index (χ3v) is 6.99. The van der Waals surface area contributed by atoms with Crippen molar-refractivity contribution < 1.29 is 4.74 Å². The highest BCUT2D eigenvalue weighted by Gasteiger charge is 2.23. The number of methoxy groups -OCH3 is 1. The molecular formula is C29H32N4O2. The molecule has 5 rings (SSSR count). The van der Waals surface area contributed by atoms with Crippen LogP contribution in [0.3, 0.4) is 0 Å². The Bertz CT molecular complexity index is 1320. The molecule has 2 aromatic heterocycles. The molecule has 0 atom stereocenters. The fraction of sp³-hybridized carbons (Fsp3) is 0.310. The first-order valence-electron chi connectivity index (χ1n) is 12.3. The number of nitrogens with one attached hydrogen (secondary N) is 1. The van der Waals surface area contributed by atoms with Crippen LogP contribution in [-0.4, -0.2) is 27.5 Å². The molecule has 0 unspecified atom stereocenters. The quantitative estimate of drug-likeness (QED) is 0.392. The Morgan fingerprint density at radius 3 is 2.37 bits per heavy atom. The minimum Gasteiger partial charge on any atom is -0.497 e. The van der Waals surface area contributed by atoms with Crippen LogP contribution >= 0.6 is 0 Å². The Kier molecular flexibility index (Phi) is 6.70. The van der Waals surface area contributed by atoms with E-state index in [4.69, 9.17) is 4.74 Å². The molecule has 6 heteroatoms. The first kappa shape index (κ1) is 23.0. The molecular weight excluding hydrogens is 436 g/mol. The average Bonchev–Trinajstić information content (AvgIpc) is 3.34. The van der Waals surface area contributed by atoms with Gasteiger partial charge < -0.3 is 14.6 Å². The highest BCUT2D eigenvalue weighted by Crippen LogP contribution is 2.34. The first-order valence-corrected chi connectivity index (χ1v) is 12.3. The number of nitrogens with zero attached hydrogens (tertiary/aromatic N) is 3. The maximum atomic E-state index is 13.5. The molecule has 6 nitrogen and oxygen atoms in total.